The molecular weight excluding hydrogens is 289 g/mol. The molecule has 0 radical (unpaired) electrons. The minimum absolute atomic E-state index is 0.202. The Morgan fingerprint density at radius 2 is 2.00 bits per heavy atom. The number of halogens is 1. The molecule has 0 bridgehead atoms. The smallest absolute Gasteiger partial charge is 0.123 e. The van der Waals surface area contributed by atoms with Crippen LogP contribution in [0.4, 0.5) is 4.39 Å². The van der Waals surface area contributed by atoms with Crippen LogP contribution >= 0.6 is 0 Å². The molecule has 1 aromatic heterocycles. The molecule has 0 amide bonds. The van der Waals surface area contributed by atoms with Gasteiger partial charge in [0.1, 0.15) is 5.82 Å². The van der Waals surface area contributed by atoms with Gasteiger partial charge in [-0.2, -0.15) is 5.10 Å². The molecule has 1 heterocycles. The van der Waals surface area contributed by atoms with Gasteiger partial charge < -0.3 is 4.90 Å². The fraction of sp³-hybridized carbons (Fsp3) is 0.421. The molecule has 0 N–H and O–H groups in total. The zero-order valence-corrected chi connectivity index (χ0v) is 13.9. The molecule has 3 nitrogen and oxygen atoms in total. The van der Waals surface area contributed by atoms with Gasteiger partial charge in [-0.3, -0.25) is 0 Å². The van der Waals surface area contributed by atoms with Crippen molar-refractivity contribution >= 4 is 6.08 Å². The van der Waals surface area contributed by atoms with E-state index in [-0.39, 0.29) is 11.2 Å². The summed E-state index contributed by atoms with van der Waals surface area (Å²) in [5.41, 5.74) is 5.08. The van der Waals surface area contributed by atoms with Crippen LogP contribution < -0.4 is 0 Å². The van der Waals surface area contributed by atoms with E-state index < -0.39 is 0 Å². The summed E-state index contributed by atoms with van der Waals surface area (Å²) >= 11 is 0. The van der Waals surface area contributed by atoms with Crippen molar-refractivity contribution in [1.29, 1.82) is 0 Å². The highest BCUT2D eigenvalue weighted by Gasteiger charge is 2.46. The van der Waals surface area contributed by atoms with E-state index >= 15 is 0 Å². The zero-order valence-electron chi connectivity index (χ0n) is 13.9. The first-order valence-electron chi connectivity index (χ1n) is 8.19. The molecule has 1 aromatic carbocycles. The van der Waals surface area contributed by atoms with Crippen LogP contribution in [0.1, 0.15) is 31.0 Å². The van der Waals surface area contributed by atoms with Crippen molar-refractivity contribution in [3.05, 3.63) is 53.1 Å². The third-order valence-corrected chi connectivity index (χ3v) is 5.61. The number of hydrogen-bond donors (Lipinski definition) is 0. The lowest BCUT2D eigenvalue weighted by molar-refractivity contribution is 0.175. The first-order valence-corrected chi connectivity index (χ1v) is 8.19. The molecule has 23 heavy (non-hydrogen) atoms. The molecule has 4 heteroatoms. The van der Waals surface area contributed by atoms with E-state index in [9.17, 15) is 4.39 Å². The summed E-state index contributed by atoms with van der Waals surface area (Å²) in [7, 11) is 4.35. The van der Waals surface area contributed by atoms with E-state index in [0.29, 0.717) is 6.04 Å². The van der Waals surface area contributed by atoms with Gasteiger partial charge in [0.2, 0.25) is 0 Å². The van der Waals surface area contributed by atoms with E-state index in [0.717, 1.165) is 24.2 Å². The maximum absolute atomic E-state index is 13.2. The quantitative estimate of drug-likeness (QED) is 0.843. The van der Waals surface area contributed by atoms with Crippen LogP contribution in [-0.2, 0) is 6.42 Å². The number of rotatable bonds is 2. The van der Waals surface area contributed by atoms with Crippen LogP contribution in [0.5, 0.6) is 0 Å². The Morgan fingerprint density at radius 1 is 1.26 bits per heavy atom. The number of benzene rings is 1. The highest BCUT2D eigenvalue weighted by atomic mass is 19.1. The fourth-order valence-electron chi connectivity index (χ4n) is 4.44. The average molecular weight is 311 g/mol. The molecule has 2 atom stereocenters. The van der Waals surface area contributed by atoms with Crippen LogP contribution in [0.25, 0.3) is 11.8 Å². The van der Waals surface area contributed by atoms with Crippen molar-refractivity contribution in [2.24, 2.45) is 5.41 Å². The fourth-order valence-corrected chi connectivity index (χ4v) is 4.44. The Bertz CT molecular complexity index is 772. The Kier molecular flexibility index (Phi) is 3.20. The van der Waals surface area contributed by atoms with Crippen molar-refractivity contribution in [2.45, 2.75) is 32.2 Å². The lowest BCUT2D eigenvalue weighted by Crippen LogP contribution is -2.41. The van der Waals surface area contributed by atoms with Crippen molar-refractivity contribution in [3.63, 3.8) is 0 Å². The van der Waals surface area contributed by atoms with E-state index in [1.807, 2.05) is 10.9 Å². The second-order valence-corrected chi connectivity index (χ2v) is 7.23. The van der Waals surface area contributed by atoms with Crippen molar-refractivity contribution in [1.82, 2.24) is 14.7 Å². The third kappa shape index (κ3) is 2.16. The van der Waals surface area contributed by atoms with Crippen molar-refractivity contribution in [3.8, 4) is 5.69 Å². The molecule has 0 unspecified atom stereocenters. The van der Waals surface area contributed by atoms with Gasteiger partial charge >= 0.3 is 0 Å². The monoisotopic (exact) mass is 311 g/mol. The first kappa shape index (κ1) is 14.6. The third-order valence-electron chi connectivity index (χ3n) is 5.61. The van der Waals surface area contributed by atoms with Crippen molar-refractivity contribution < 1.29 is 4.39 Å². The highest BCUT2D eigenvalue weighted by molar-refractivity contribution is 5.62. The lowest BCUT2D eigenvalue weighted by Gasteiger charge is -2.39. The van der Waals surface area contributed by atoms with Crippen LogP contribution in [0, 0.1) is 11.2 Å². The van der Waals surface area contributed by atoms with E-state index in [4.69, 9.17) is 0 Å². The van der Waals surface area contributed by atoms with Crippen LogP contribution in [-0.4, -0.2) is 34.8 Å². The topological polar surface area (TPSA) is 21.1 Å². The summed E-state index contributed by atoms with van der Waals surface area (Å²) in [6.07, 6.45) is 7.68. The Morgan fingerprint density at radius 3 is 2.70 bits per heavy atom. The van der Waals surface area contributed by atoms with E-state index in [1.165, 1.54) is 29.7 Å². The van der Waals surface area contributed by atoms with Crippen LogP contribution in [0.3, 0.4) is 0 Å². The molecule has 4 rings (SSSR count). The Labute approximate surface area is 136 Å². The molecule has 2 aliphatic carbocycles. The first-order chi connectivity index (χ1) is 11.0. The number of hydrogen-bond acceptors (Lipinski definition) is 2. The van der Waals surface area contributed by atoms with Gasteiger partial charge in [-0.15, -0.1) is 0 Å². The molecule has 0 aliphatic heterocycles. The normalized spacial score (nSPS) is 26.1. The van der Waals surface area contributed by atoms with Gasteiger partial charge in [0.15, 0.2) is 0 Å². The lowest BCUT2D eigenvalue weighted by atomic mass is 9.72. The number of fused-ring (bicyclic) bond motifs is 2. The molecule has 1 fully saturated rings. The van der Waals surface area contributed by atoms with Gasteiger partial charge in [-0.1, -0.05) is 12.5 Å². The minimum atomic E-state index is -0.217. The summed E-state index contributed by atoms with van der Waals surface area (Å²) in [4.78, 5) is 2.36. The van der Waals surface area contributed by atoms with Crippen LogP contribution in [0.15, 0.2) is 36.0 Å². The molecule has 2 aromatic rings. The van der Waals surface area contributed by atoms with Gasteiger partial charge in [-0.05, 0) is 69.3 Å². The van der Waals surface area contributed by atoms with Crippen LogP contribution in [0.2, 0.25) is 0 Å². The van der Waals surface area contributed by atoms with Crippen molar-refractivity contribution in [2.75, 3.05) is 14.1 Å². The Hall–Kier alpha value is -1.94. The largest absolute Gasteiger partial charge is 0.306 e. The summed E-state index contributed by atoms with van der Waals surface area (Å²) in [6, 6.07) is 7.12. The maximum Gasteiger partial charge on any atom is 0.123 e. The summed E-state index contributed by atoms with van der Waals surface area (Å²) in [6.45, 7) is 2.38. The standard InChI is InChI=1S/C19H22FN3/c1-19-11-13-12-21-23(16-7-5-15(20)6-8-16)17(13)10-14(19)4-9-18(19)22(2)3/h5-8,10,12,18H,4,9,11H2,1-3H3/t18-,19-/m0/s1. The summed E-state index contributed by atoms with van der Waals surface area (Å²) < 4.78 is 15.1. The second kappa shape index (κ2) is 5.03. The molecule has 0 saturated heterocycles. The SMILES string of the molecule is CN(C)[C@H]1CCC2=Cc3c(cnn3-c3ccc(F)cc3)C[C@@]21C. The van der Waals surface area contributed by atoms with E-state index in [1.54, 1.807) is 12.1 Å². The van der Waals surface area contributed by atoms with E-state index in [2.05, 4.69) is 37.1 Å². The maximum atomic E-state index is 13.2. The Balaban J connectivity index is 1.77. The highest BCUT2D eigenvalue weighted by Crippen LogP contribution is 2.50. The molecule has 2 aliphatic rings. The molecular formula is C19H22FN3. The van der Waals surface area contributed by atoms with Gasteiger partial charge in [0.25, 0.3) is 0 Å². The molecule has 0 spiro atoms. The van der Waals surface area contributed by atoms with Gasteiger partial charge in [0.05, 0.1) is 17.6 Å². The predicted molar refractivity (Wildman–Crippen MR) is 90.0 cm³/mol. The number of aromatic nitrogens is 2. The minimum Gasteiger partial charge on any atom is -0.306 e. The molecule has 120 valence electrons. The average Bonchev–Trinajstić information content (AvgIpc) is 3.05. The zero-order chi connectivity index (χ0) is 16.2. The number of nitrogens with zero attached hydrogens (tertiary/aromatic N) is 3. The second-order valence-electron chi connectivity index (χ2n) is 7.23. The van der Waals surface area contributed by atoms with Gasteiger partial charge in [0, 0.05) is 11.5 Å². The molecule has 1 saturated carbocycles. The predicted octanol–water partition coefficient (Wildman–Crippen LogP) is 3.68. The summed E-state index contributed by atoms with van der Waals surface area (Å²) in [5, 5.41) is 4.56. The van der Waals surface area contributed by atoms with Gasteiger partial charge in [-0.25, -0.2) is 9.07 Å². The summed E-state index contributed by atoms with van der Waals surface area (Å²) in [5.74, 6) is -0.217.